The summed E-state index contributed by atoms with van der Waals surface area (Å²) >= 11 is 6.08. The van der Waals surface area contributed by atoms with E-state index in [2.05, 4.69) is 11.4 Å². The molecule has 2 aromatic carbocycles. The summed E-state index contributed by atoms with van der Waals surface area (Å²) in [5.74, 6) is -0.186. The van der Waals surface area contributed by atoms with Gasteiger partial charge in [-0.3, -0.25) is 9.59 Å². The molecule has 2 aromatic rings. The molecule has 0 aliphatic heterocycles. The van der Waals surface area contributed by atoms with E-state index in [0.29, 0.717) is 18.0 Å². The molecule has 0 spiro atoms. The first-order valence-corrected chi connectivity index (χ1v) is 10.6. The van der Waals surface area contributed by atoms with E-state index in [-0.39, 0.29) is 24.3 Å². The zero-order valence-corrected chi connectivity index (χ0v) is 18.5. The van der Waals surface area contributed by atoms with Crippen LogP contribution in [-0.2, 0) is 22.6 Å². The van der Waals surface area contributed by atoms with Crippen molar-refractivity contribution in [3.8, 4) is 0 Å². The van der Waals surface area contributed by atoms with Gasteiger partial charge in [0, 0.05) is 17.6 Å². The maximum atomic E-state index is 13.3. The summed E-state index contributed by atoms with van der Waals surface area (Å²) in [4.78, 5) is 27.9. The first-order valence-electron chi connectivity index (χ1n) is 10.2. The van der Waals surface area contributed by atoms with E-state index in [1.807, 2.05) is 58.0 Å². The fraction of sp³-hybridized carbons (Fsp3) is 0.417. The second-order valence-electron chi connectivity index (χ2n) is 7.56. The Bertz CT molecular complexity index is 837. The van der Waals surface area contributed by atoms with Gasteiger partial charge in [-0.25, -0.2) is 0 Å². The number of halogens is 1. The minimum absolute atomic E-state index is 0.0698. The van der Waals surface area contributed by atoms with Crippen molar-refractivity contribution in [2.75, 3.05) is 0 Å². The number of benzene rings is 2. The average molecular weight is 415 g/mol. The first-order chi connectivity index (χ1) is 13.8. The lowest BCUT2D eigenvalue weighted by Gasteiger charge is -2.31. The quantitative estimate of drug-likeness (QED) is 0.633. The second-order valence-corrected chi connectivity index (χ2v) is 8.00. The van der Waals surface area contributed by atoms with Crippen molar-refractivity contribution in [3.63, 3.8) is 0 Å². The molecule has 0 saturated heterocycles. The van der Waals surface area contributed by atoms with E-state index in [0.717, 1.165) is 23.1 Å². The van der Waals surface area contributed by atoms with Crippen LogP contribution in [0.25, 0.3) is 0 Å². The highest BCUT2D eigenvalue weighted by molar-refractivity contribution is 6.30. The topological polar surface area (TPSA) is 49.4 Å². The number of carbonyl (C=O) groups is 2. The molecule has 0 unspecified atom stereocenters. The van der Waals surface area contributed by atoms with Gasteiger partial charge in [-0.15, -0.1) is 0 Å². The Morgan fingerprint density at radius 1 is 1.03 bits per heavy atom. The van der Waals surface area contributed by atoms with Crippen LogP contribution in [-0.4, -0.2) is 28.8 Å². The van der Waals surface area contributed by atoms with Gasteiger partial charge in [0.25, 0.3) is 0 Å². The molecule has 2 amide bonds. The molecule has 5 heteroatoms. The van der Waals surface area contributed by atoms with Crippen LogP contribution < -0.4 is 5.32 Å². The third-order valence-corrected chi connectivity index (χ3v) is 5.30. The maximum absolute atomic E-state index is 13.3. The number of nitrogens with zero attached hydrogens (tertiary/aromatic N) is 1. The number of hydrogen-bond donors (Lipinski definition) is 1. The lowest BCUT2D eigenvalue weighted by atomic mass is 10.1. The van der Waals surface area contributed by atoms with Gasteiger partial charge in [-0.2, -0.15) is 0 Å². The maximum Gasteiger partial charge on any atom is 0.243 e. The Balaban J connectivity index is 2.29. The van der Waals surface area contributed by atoms with Crippen molar-refractivity contribution < 1.29 is 9.59 Å². The normalized spacial score (nSPS) is 12.9. The van der Waals surface area contributed by atoms with E-state index in [4.69, 9.17) is 11.6 Å². The van der Waals surface area contributed by atoms with Gasteiger partial charge in [0.15, 0.2) is 0 Å². The Morgan fingerprint density at radius 3 is 2.34 bits per heavy atom. The Hall–Kier alpha value is -2.33. The van der Waals surface area contributed by atoms with Crippen LogP contribution in [0.15, 0.2) is 48.5 Å². The van der Waals surface area contributed by atoms with E-state index >= 15 is 0 Å². The molecule has 0 saturated carbocycles. The average Bonchev–Trinajstić information content (AvgIpc) is 2.67. The van der Waals surface area contributed by atoms with Gasteiger partial charge in [0.05, 0.1) is 6.42 Å². The Labute approximate surface area is 179 Å². The molecular formula is C24H31ClN2O2. The first kappa shape index (κ1) is 23.0. The van der Waals surface area contributed by atoms with Gasteiger partial charge in [0.2, 0.25) is 11.8 Å². The number of hydrogen-bond acceptors (Lipinski definition) is 2. The fourth-order valence-corrected chi connectivity index (χ4v) is 3.50. The fourth-order valence-electron chi connectivity index (χ4n) is 3.29. The zero-order valence-electron chi connectivity index (χ0n) is 17.7. The van der Waals surface area contributed by atoms with Gasteiger partial charge in [-0.05, 0) is 49.9 Å². The Kier molecular flexibility index (Phi) is 8.71. The molecule has 0 heterocycles. The Morgan fingerprint density at radius 2 is 1.72 bits per heavy atom. The van der Waals surface area contributed by atoms with Crippen LogP contribution in [0, 0.1) is 6.92 Å². The summed E-state index contributed by atoms with van der Waals surface area (Å²) in [5, 5.41) is 3.63. The SMILES string of the molecule is CC[C@H](C)NC(=O)[C@H](CC)N(Cc1cccc(C)c1)C(=O)Cc1cccc(Cl)c1. The monoisotopic (exact) mass is 414 g/mol. The molecule has 2 atom stereocenters. The lowest BCUT2D eigenvalue weighted by Crippen LogP contribution is -2.51. The van der Waals surface area contributed by atoms with Crippen LogP contribution in [0.4, 0.5) is 0 Å². The van der Waals surface area contributed by atoms with Gasteiger partial charge >= 0.3 is 0 Å². The summed E-state index contributed by atoms with van der Waals surface area (Å²) < 4.78 is 0. The highest BCUT2D eigenvalue weighted by Crippen LogP contribution is 2.17. The standard InChI is InChI=1S/C24H31ClN2O2/c1-5-18(4)26-24(29)22(6-2)27(16-20-11-7-9-17(3)13-20)23(28)15-19-10-8-12-21(25)14-19/h7-14,18,22H,5-6,15-16H2,1-4H3,(H,26,29)/t18-,22-/m0/s1. The minimum Gasteiger partial charge on any atom is -0.352 e. The third-order valence-electron chi connectivity index (χ3n) is 5.07. The third kappa shape index (κ3) is 6.90. The van der Waals surface area contributed by atoms with Crippen LogP contribution in [0.2, 0.25) is 5.02 Å². The van der Waals surface area contributed by atoms with Crippen LogP contribution in [0.1, 0.15) is 50.3 Å². The molecular weight excluding hydrogens is 384 g/mol. The smallest absolute Gasteiger partial charge is 0.243 e. The summed E-state index contributed by atoms with van der Waals surface area (Å²) in [6, 6.07) is 14.9. The summed E-state index contributed by atoms with van der Waals surface area (Å²) in [6.07, 6.45) is 1.60. The second kappa shape index (κ2) is 11.0. The summed E-state index contributed by atoms with van der Waals surface area (Å²) in [7, 11) is 0. The molecule has 4 nitrogen and oxygen atoms in total. The zero-order chi connectivity index (χ0) is 21.4. The molecule has 0 aliphatic carbocycles. The molecule has 2 rings (SSSR count). The van der Waals surface area contributed by atoms with E-state index in [9.17, 15) is 9.59 Å². The number of amides is 2. The predicted octanol–water partition coefficient (Wildman–Crippen LogP) is 4.91. The predicted molar refractivity (Wildman–Crippen MR) is 119 cm³/mol. The van der Waals surface area contributed by atoms with Crippen LogP contribution in [0.3, 0.4) is 0 Å². The van der Waals surface area contributed by atoms with Crippen molar-refractivity contribution >= 4 is 23.4 Å². The van der Waals surface area contributed by atoms with E-state index < -0.39 is 6.04 Å². The summed E-state index contributed by atoms with van der Waals surface area (Å²) in [5.41, 5.74) is 2.98. The number of rotatable bonds is 9. The molecule has 1 N–H and O–H groups in total. The van der Waals surface area contributed by atoms with Gasteiger partial charge in [0.1, 0.15) is 6.04 Å². The van der Waals surface area contributed by atoms with Crippen molar-refractivity contribution in [3.05, 3.63) is 70.2 Å². The number of carbonyl (C=O) groups excluding carboxylic acids is 2. The molecule has 0 aromatic heterocycles. The van der Waals surface area contributed by atoms with Gasteiger partial charge in [-0.1, -0.05) is 67.4 Å². The molecule has 156 valence electrons. The van der Waals surface area contributed by atoms with Crippen molar-refractivity contribution in [1.29, 1.82) is 0 Å². The highest BCUT2D eigenvalue weighted by atomic mass is 35.5. The molecule has 0 fully saturated rings. The largest absolute Gasteiger partial charge is 0.352 e. The van der Waals surface area contributed by atoms with Gasteiger partial charge < -0.3 is 10.2 Å². The highest BCUT2D eigenvalue weighted by Gasteiger charge is 2.29. The number of aryl methyl sites for hydroxylation is 1. The van der Waals surface area contributed by atoms with Crippen LogP contribution >= 0.6 is 11.6 Å². The van der Waals surface area contributed by atoms with Crippen molar-refractivity contribution in [1.82, 2.24) is 10.2 Å². The summed E-state index contributed by atoms with van der Waals surface area (Å²) in [6.45, 7) is 8.36. The van der Waals surface area contributed by atoms with E-state index in [1.54, 1.807) is 17.0 Å². The molecule has 29 heavy (non-hydrogen) atoms. The number of nitrogens with one attached hydrogen (secondary N) is 1. The molecule has 0 bridgehead atoms. The molecule has 0 radical (unpaired) electrons. The van der Waals surface area contributed by atoms with E-state index in [1.165, 1.54) is 0 Å². The molecule has 0 aliphatic rings. The van der Waals surface area contributed by atoms with Crippen LogP contribution in [0.5, 0.6) is 0 Å². The lowest BCUT2D eigenvalue weighted by molar-refractivity contribution is -0.141. The van der Waals surface area contributed by atoms with Crippen molar-refractivity contribution in [2.45, 2.75) is 65.6 Å². The van der Waals surface area contributed by atoms with Crippen molar-refractivity contribution in [2.24, 2.45) is 0 Å². The minimum atomic E-state index is -0.517.